The third-order valence-electron chi connectivity index (χ3n) is 2.95. The summed E-state index contributed by atoms with van der Waals surface area (Å²) in [5.74, 6) is 0.321. The second-order valence-corrected chi connectivity index (χ2v) is 6.25. The van der Waals surface area contributed by atoms with Crippen LogP contribution in [0.1, 0.15) is 18.4 Å². The zero-order chi connectivity index (χ0) is 11.4. The minimum atomic E-state index is -2.96. The summed E-state index contributed by atoms with van der Waals surface area (Å²) < 4.78 is 25.1. The van der Waals surface area contributed by atoms with Crippen LogP contribution < -0.4 is 0 Å². The molecule has 1 fully saturated rings. The fourth-order valence-corrected chi connectivity index (χ4v) is 3.59. The summed E-state index contributed by atoms with van der Waals surface area (Å²) in [6.07, 6.45) is 2.61. The number of nitrogens with zero attached hydrogens (tertiary/aromatic N) is 1. The van der Waals surface area contributed by atoms with Gasteiger partial charge in [0.2, 0.25) is 10.0 Å². The van der Waals surface area contributed by atoms with Crippen molar-refractivity contribution in [1.82, 2.24) is 4.31 Å². The molecule has 2 rings (SSSR count). The molecule has 0 N–H and O–H groups in total. The molecule has 3 nitrogen and oxygen atoms in total. The molecule has 0 aliphatic carbocycles. The molecule has 0 spiro atoms. The Labute approximate surface area is 97.1 Å². The molecule has 4 heteroatoms. The summed E-state index contributed by atoms with van der Waals surface area (Å²) in [6, 6.07) is 10.0. The molecular weight excluding hydrogens is 222 g/mol. The number of hydrogen-bond donors (Lipinski definition) is 0. The predicted molar refractivity (Wildman–Crippen MR) is 64.7 cm³/mol. The summed E-state index contributed by atoms with van der Waals surface area (Å²) in [6.45, 7) is 1.31. The molecule has 1 aliphatic heterocycles. The molecular formula is C12H17NO2S. The summed E-state index contributed by atoms with van der Waals surface area (Å²) in [7, 11) is -2.96. The standard InChI is InChI=1S/C12H17NO2S/c14-16(15)11-5-4-9-13(16)10-8-12-6-2-1-3-7-12/h1-3,6-7H,4-5,8-11H2. The highest BCUT2D eigenvalue weighted by Gasteiger charge is 2.24. The maximum Gasteiger partial charge on any atom is 0.214 e. The average Bonchev–Trinajstić information content (AvgIpc) is 2.28. The minimum Gasteiger partial charge on any atom is -0.212 e. The number of sulfonamides is 1. The van der Waals surface area contributed by atoms with Gasteiger partial charge >= 0.3 is 0 Å². The van der Waals surface area contributed by atoms with Crippen LogP contribution in [0.25, 0.3) is 0 Å². The van der Waals surface area contributed by atoms with E-state index in [0.717, 1.165) is 19.3 Å². The molecule has 1 saturated heterocycles. The highest BCUT2D eigenvalue weighted by atomic mass is 32.2. The van der Waals surface area contributed by atoms with Crippen molar-refractivity contribution in [1.29, 1.82) is 0 Å². The first kappa shape index (κ1) is 11.6. The molecule has 0 unspecified atom stereocenters. The van der Waals surface area contributed by atoms with Crippen molar-refractivity contribution in [2.75, 3.05) is 18.8 Å². The SMILES string of the molecule is O=S1(=O)CCCCN1CCc1ccccc1. The lowest BCUT2D eigenvalue weighted by Crippen LogP contribution is -2.39. The number of benzene rings is 1. The Balaban J connectivity index is 1.95. The zero-order valence-corrected chi connectivity index (χ0v) is 10.1. The smallest absolute Gasteiger partial charge is 0.212 e. The summed E-state index contributed by atoms with van der Waals surface area (Å²) in [5.41, 5.74) is 1.20. The van der Waals surface area contributed by atoms with Crippen molar-refractivity contribution in [3.63, 3.8) is 0 Å². The van der Waals surface area contributed by atoms with Crippen LogP contribution in [0.2, 0.25) is 0 Å². The van der Waals surface area contributed by atoms with E-state index in [0.29, 0.717) is 18.8 Å². The topological polar surface area (TPSA) is 37.4 Å². The van der Waals surface area contributed by atoms with E-state index in [-0.39, 0.29) is 0 Å². The van der Waals surface area contributed by atoms with Crippen molar-refractivity contribution in [2.45, 2.75) is 19.3 Å². The monoisotopic (exact) mass is 239 g/mol. The Morgan fingerprint density at radius 1 is 1.12 bits per heavy atom. The lowest BCUT2D eigenvalue weighted by Gasteiger charge is -2.26. The van der Waals surface area contributed by atoms with Gasteiger partial charge in [-0.3, -0.25) is 0 Å². The lowest BCUT2D eigenvalue weighted by molar-refractivity contribution is 0.386. The first-order valence-corrected chi connectivity index (χ1v) is 7.31. The third-order valence-corrected chi connectivity index (χ3v) is 4.90. The molecule has 0 amide bonds. The Morgan fingerprint density at radius 3 is 2.56 bits per heavy atom. The first-order valence-electron chi connectivity index (χ1n) is 5.70. The molecule has 88 valence electrons. The van der Waals surface area contributed by atoms with Gasteiger partial charge < -0.3 is 0 Å². The third kappa shape index (κ3) is 2.83. The van der Waals surface area contributed by atoms with E-state index in [1.807, 2.05) is 30.3 Å². The van der Waals surface area contributed by atoms with E-state index in [1.165, 1.54) is 5.56 Å². The Bertz CT molecular complexity index is 428. The lowest BCUT2D eigenvalue weighted by atomic mass is 10.1. The Hall–Kier alpha value is -0.870. The molecule has 1 aliphatic rings. The van der Waals surface area contributed by atoms with Gasteiger partial charge in [0, 0.05) is 13.1 Å². The van der Waals surface area contributed by atoms with Crippen LogP contribution in [0.3, 0.4) is 0 Å². The van der Waals surface area contributed by atoms with Crippen LogP contribution >= 0.6 is 0 Å². The first-order chi connectivity index (χ1) is 7.68. The maximum absolute atomic E-state index is 11.7. The number of rotatable bonds is 3. The molecule has 1 aromatic rings. The summed E-state index contributed by atoms with van der Waals surface area (Å²) in [5, 5.41) is 0. The van der Waals surface area contributed by atoms with Gasteiger partial charge in [0.15, 0.2) is 0 Å². The molecule has 0 atom stereocenters. The van der Waals surface area contributed by atoms with Gasteiger partial charge in [-0.1, -0.05) is 30.3 Å². The van der Waals surface area contributed by atoms with E-state index in [4.69, 9.17) is 0 Å². The second kappa shape index (κ2) is 4.97. The summed E-state index contributed by atoms with van der Waals surface area (Å²) in [4.78, 5) is 0. The summed E-state index contributed by atoms with van der Waals surface area (Å²) >= 11 is 0. The Kier molecular flexibility index (Phi) is 3.61. The highest BCUT2D eigenvalue weighted by Crippen LogP contribution is 2.14. The van der Waals surface area contributed by atoms with Gasteiger partial charge in [-0.15, -0.1) is 0 Å². The van der Waals surface area contributed by atoms with E-state index in [2.05, 4.69) is 0 Å². The molecule has 0 radical (unpaired) electrons. The molecule has 1 heterocycles. The van der Waals surface area contributed by atoms with E-state index in [9.17, 15) is 8.42 Å². The predicted octanol–water partition coefficient (Wildman–Crippen LogP) is 1.65. The largest absolute Gasteiger partial charge is 0.214 e. The fraction of sp³-hybridized carbons (Fsp3) is 0.500. The quantitative estimate of drug-likeness (QED) is 0.804. The highest BCUT2D eigenvalue weighted by molar-refractivity contribution is 7.89. The maximum atomic E-state index is 11.7. The normalized spacial score (nSPS) is 20.8. The zero-order valence-electron chi connectivity index (χ0n) is 9.30. The van der Waals surface area contributed by atoms with Crippen LogP contribution in [-0.2, 0) is 16.4 Å². The molecule has 0 bridgehead atoms. The molecule has 0 aromatic heterocycles. The van der Waals surface area contributed by atoms with E-state index in [1.54, 1.807) is 4.31 Å². The van der Waals surface area contributed by atoms with Crippen molar-refractivity contribution in [3.05, 3.63) is 35.9 Å². The molecule has 1 aromatic carbocycles. The molecule has 16 heavy (non-hydrogen) atoms. The van der Waals surface area contributed by atoms with Crippen LogP contribution in [0, 0.1) is 0 Å². The van der Waals surface area contributed by atoms with Crippen LogP contribution in [0.5, 0.6) is 0 Å². The van der Waals surface area contributed by atoms with Crippen molar-refractivity contribution in [3.8, 4) is 0 Å². The second-order valence-electron chi connectivity index (χ2n) is 4.16. The van der Waals surface area contributed by atoms with Gasteiger partial charge in [0.05, 0.1) is 5.75 Å². The van der Waals surface area contributed by atoms with Gasteiger partial charge in [0.1, 0.15) is 0 Å². The van der Waals surface area contributed by atoms with E-state index < -0.39 is 10.0 Å². The van der Waals surface area contributed by atoms with Gasteiger partial charge in [-0.2, -0.15) is 0 Å². The molecule has 0 saturated carbocycles. The van der Waals surface area contributed by atoms with Gasteiger partial charge in [0.25, 0.3) is 0 Å². The van der Waals surface area contributed by atoms with Crippen LogP contribution in [-0.4, -0.2) is 31.6 Å². The fourth-order valence-electron chi connectivity index (χ4n) is 1.99. The number of hydrogen-bond acceptors (Lipinski definition) is 2. The van der Waals surface area contributed by atoms with Gasteiger partial charge in [-0.25, -0.2) is 12.7 Å². The van der Waals surface area contributed by atoms with Crippen molar-refractivity contribution >= 4 is 10.0 Å². The average molecular weight is 239 g/mol. The van der Waals surface area contributed by atoms with E-state index >= 15 is 0 Å². The van der Waals surface area contributed by atoms with Crippen molar-refractivity contribution in [2.24, 2.45) is 0 Å². The minimum absolute atomic E-state index is 0.321. The van der Waals surface area contributed by atoms with Gasteiger partial charge in [-0.05, 0) is 24.8 Å². The van der Waals surface area contributed by atoms with Crippen LogP contribution in [0.15, 0.2) is 30.3 Å². The van der Waals surface area contributed by atoms with Crippen LogP contribution in [0.4, 0.5) is 0 Å². The Morgan fingerprint density at radius 2 is 1.88 bits per heavy atom. The van der Waals surface area contributed by atoms with Crippen molar-refractivity contribution < 1.29 is 8.42 Å².